The number of hydrogen-bond acceptors (Lipinski definition) is 6. The Morgan fingerprint density at radius 1 is 1.12 bits per heavy atom. The Morgan fingerprint density at radius 2 is 1.84 bits per heavy atom. The van der Waals surface area contributed by atoms with E-state index in [1.165, 1.54) is 11.3 Å². The molecule has 0 bridgehead atoms. The number of aromatic nitrogens is 2. The highest BCUT2D eigenvalue weighted by Gasteiger charge is 2.23. The van der Waals surface area contributed by atoms with Crippen LogP contribution in [0, 0.1) is 0 Å². The molecule has 0 atom stereocenters. The highest BCUT2D eigenvalue weighted by atomic mass is 79.9. The second-order valence-electron chi connectivity index (χ2n) is 6.83. The van der Waals surface area contributed by atoms with E-state index in [2.05, 4.69) is 26.3 Å². The molecule has 4 rings (SSSR count). The van der Waals surface area contributed by atoms with Gasteiger partial charge in [-0.2, -0.15) is 9.78 Å². The SMILES string of the molecule is CCOC(=O)c1nn(-c2ccc(Br)cc2)c(=O)c2c(NC(=O)Cc3ccccc3)scc12. The minimum Gasteiger partial charge on any atom is -0.461 e. The molecule has 2 heterocycles. The molecule has 0 unspecified atom stereocenters. The fraction of sp³-hybridized carbons (Fsp3) is 0.130. The van der Waals surface area contributed by atoms with Crippen LogP contribution in [0.2, 0.25) is 0 Å². The van der Waals surface area contributed by atoms with Gasteiger partial charge in [0.25, 0.3) is 5.56 Å². The highest BCUT2D eigenvalue weighted by Crippen LogP contribution is 2.31. The molecule has 0 aliphatic heterocycles. The summed E-state index contributed by atoms with van der Waals surface area (Å²) >= 11 is 4.54. The van der Waals surface area contributed by atoms with Gasteiger partial charge in [0.15, 0.2) is 5.69 Å². The fourth-order valence-corrected chi connectivity index (χ4v) is 4.42. The van der Waals surface area contributed by atoms with Gasteiger partial charge in [0, 0.05) is 15.2 Å². The third kappa shape index (κ3) is 4.49. The fourth-order valence-electron chi connectivity index (χ4n) is 3.20. The van der Waals surface area contributed by atoms with Crippen molar-refractivity contribution in [2.75, 3.05) is 11.9 Å². The first-order chi connectivity index (χ1) is 15.5. The molecule has 2 aromatic carbocycles. The number of thiophene rings is 1. The minimum atomic E-state index is -0.636. The predicted molar refractivity (Wildman–Crippen MR) is 128 cm³/mol. The monoisotopic (exact) mass is 511 g/mol. The van der Waals surface area contributed by atoms with E-state index in [0.717, 1.165) is 14.7 Å². The summed E-state index contributed by atoms with van der Waals surface area (Å²) < 4.78 is 7.14. The van der Waals surface area contributed by atoms with Gasteiger partial charge in [0.2, 0.25) is 5.91 Å². The molecule has 1 amide bonds. The van der Waals surface area contributed by atoms with Crippen LogP contribution in [0.4, 0.5) is 5.00 Å². The first-order valence-corrected chi connectivity index (χ1v) is 11.5. The van der Waals surface area contributed by atoms with Crippen molar-refractivity contribution in [2.45, 2.75) is 13.3 Å². The Morgan fingerprint density at radius 3 is 2.53 bits per heavy atom. The molecular weight excluding hydrogens is 494 g/mol. The average Bonchev–Trinajstić information content (AvgIpc) is 3.19. The lowest BCUT2D eigenvalue weighted by atomic mass is 10.1. The summed E-state index contributed by atoms with van der Waals surface area (Å²) in [6.45, 7) is 1.87. The first-order valence-electron chi connectivity index (χ1n) is 9.79. The lowest BCUT2D eigenvalue weighted by molar-refractivity contribution is -0.115. The van der Waals surface area contributed by atoms with Crippen LogP contribution in [0.1, 0.15) is 23.0 Å². The molecule has 0 radical (unpaired) electrons. The molecule has 7 nitrogen and oxygen atoms in total. The predicted octanol–water partition coefficient (Wildman–Crippen LogP) is 4.57. The summed E-state index contributed by atoms with van der Waals surface area (Å²) in [4.78, 5) is 38.6. The zero-order chi connectivity index (χ0) is 22.7. The average molecular weight is 512 g/mol. The molecule has 2 aromatic heterocycles. The molecule has 32 heavy (non-hydrogen) atoms. The molecule has 0 aliphatic carbocycles. The van der Waals surface area contributed by atoms with Crippen LogP contribution in [0.3, 0.4) is 0 Å². The zero-order valence-corrected chi connectivity index (χ0v) is 19.4. The number of fused-ring (bicyclic) bond motifs is 1. The molecule has 162 valence electrons. The van der Waals surface area contributed by atoms with E-state index in [-0.39, 0.29) is 30.0 Å². The van der Waals surface area contributed by atoms with Crippen molar-refractivity contribution >= 4 is 54.9 Å². The smallest absolute Gasteiger partial charge is 0.359 e. The molecule has 0 fully saturated rings. The summed E-state index contributed by atoms with van der Waals surface area (Å²) in [5.74, 6) is -0.896. The topological polar surface area (TPSA) is 90.3 Å². The van der Waals surface area contributed by atoms with Crippen LogP contribution < -0.4 is 10.9 Å². The van der Waals surface area contributed by atoms with Gasteiger partial charge < -0.3 is 10.1 Å². The number of ether oxygens (including phenoxy) is 1. The van der Waals surface area contributed by atoms with Crippen LogP contribution in [0.25, 0.3) is 16.5 Å². The van der Waals surface area contributed by atoms with Gasteiger partial charge >= 0.3 is 5.97 Å². The van der Waals surface area contributed by atoms with Gasteiger partial charge in [-0.1, -0.05) is 46.3 Å². The van der Waals surface area contributed by atoms with E-state index in [4.69, 9.17) is 4.74 Å². The maximum absolute atomic E-state index is 13.4. The van der Waals surface area contributed by atoms with E-state index < -0.39 is 11.5 Å². The van der Waals surface area contributed by atoms with Gasteiger partial charge in [0.05, 0.1) is 24.1 Å². The number of benzene rings is 2. The van der Waals surface area contributed by atoms with E-state index in [9.17, 15) is 14.4 Å². The number of nitrogens with one attached hydrogen (secondary N) is 1. The van der Waals surface area contributed by atoms with Gasteiger partial charge in [-0.25, -0.2) is 4.79 Å². The van der Waals surface area contributed by atoms with Gasteiger partial charge in [0.1, 0.15) is 5.00 Å². The molecular formula is C23H18BrN3O4S. The Kier molecular flexibility index (Phi) is 6.48. The molecule has 4 aromatic rings. The van der Waals surface area contributed by atoms with E-state index in [1.807, 2.05) is 30.3 Å². The minimum absolute atomic E-state index is 0.0178. The van der Waals surface area contributed by atoms with Crippen molar-refractivity contribution in [2.24, 2.45) is 0 Å². The number of halogens is 1. The van der Waals surface area contributed by atoms with E-state index in [0.29, 0.717) is 16.1 Å². The Balaban J connectivity index is 1.81. The van der Waals surface area contributed by atoms with Gasteiger partial charge in [-0.3, -0.25) is 9.59 Å². The molecule has 0 saturated carbocycles. The summed E-state index contributed by atoms with van der Waals surface area (Å²) in [5, 5.41) is 9.68. The Bertz CT molecular complexity index is 1350. The molecule has 1 N–H and O–H groups in total. The van der Waals surface area contributed by atoms with Crippen molar-refractivity contribution < 1.29 is 14.3 Å². The third-order valence-corrected chi connectivity index (χ3v) is 6.08. The summed E-state index contributed by atoms with van der Waals surface area (Å²) in [7, 11) is 0. The number of carbonyl (C=O) groups is 2. The zero-order valence-electron chi connectivity index (χ0n) is 17.0. The van der Waals surface area contributed by atoms with Crippen molar-refractivity contribution in [3.05, 3.63) is 86.1 Å². The first kappa shape index (κ1) is 21.9. The summed E-state index contributed by atoms with van der Waals surface area (Å²) in [6.07, 6.45) is 0.164. The number of anilines is 1. The maximum atomic E-state index is 13.4. The van der Waals surface area contributed by atoms with Crippen LogP contribution in [-0.4, -0.2) is 28.3 Å². The second-order valence-corrected chi connectivity index (χ2v) is 8.62. The van der Waals surface area contributed by atoms with Crippen LogP contribution in [0.15, 0.2) is 69.2 Å². The molecule has 0 saturated heterocycles. The number of hydrogen-bond donors (Lipinski definition) is 1. The largest absolute Gasteiger partial charge is 0.461 e. The standard InChI is InChI=1S/C23H18BrN3O4S/c1-2-31-23(30)20-17-13-32-21(25-18(28)12-14-6-4-3-5-7-14)19(17)22(29)27(26-20)16-10-8-15(24)9-11-16/h3-11,13H,2,12H2,1H3,(H,25,28). The summed E-state index contributed by atoms with van der Waals surface area (Å²) in [6, 6.07) is 16.3. The normalized spacial score (nSPS) is 10.8. The lowest BCUT2D eigenvalue weighted by Crippen LogP contribution is -2.25. The van der Waals surface area contributed by atoms with Crippen LogP contribution >= 0.6 is 27.3 Å². The van der Waals surface area contributed by atoms with Gasteiger partial charge in [-0.05, 0) is 36.8 Å². The lowest BCUT2D eigenvalue weighted by Gasteiger charge is -2.10. The third-order valence-electron chi connectivity index (χ3n) is 4.65. The summed E-state index contributed by atoms with van der Waals surface area (Å²) in [5.41, 5.74) is 0.918. The van der Waals surface area contributed by atoms with Gasteiger partial charge in [-0.15, -0.1) is 11.3 Å². The van der Waals surface area contributed by atoms with E-state index >= 15 is 0 Å². The van der Waals surface area contributed by atoms with Crippen molar-refractivity contribution in [3.63, 3.8) is 0 Å². The van der Waals surface area contributed by atoms with Crippen LogP contribution in [0.5, 0.6) is 0 Å². The highest BCUT2D eigenvalue weighted by molar-refractivity contribution is 9.10. The Labute approximate surface area is 195 Å². The molecule has 0 spiro atoms. The van der Waals surface area contributed by atoms with Crippen LogP contribution in [-0.2, 0) is 16.0 Å². The van der Waals surface area contributed by atoms with Crippen molar-refractivity contribution in [1.82, 2.24) is 9.78 Å². The quantitative estimate of drug-likeness (QED) is 0.383. The van der Waals surface area contributed by atoms with E-state index in [1.54, 1.807) is 36.6 Å². The second kappa shape index (κ2) is 9.46. The number of amides is 1. The maximum Gasteiger partial charge on any atom is 0.359 e. The number of nitrogens with zero attached hydrogens (tertiary/aromatic N) is 2. The van der Waals surface area contributed by atoms with Crippen molar-refractivity contribution in [3.8, 4) is 5.69 Å². The number of esters is 1. The van der Waals surface area contributed by atoms with Crippen molar-refractivity contribution in [1.29, 1.82) is 0 Å². The molecule has 0 aliphatic rings. The number of rotatable bonds is 6. The number of carbonyl (C=O) groups excluding carboxylic acids is 2. The molecule has 9 heteroatoms. The Hall–Kier alpha value is -3.30.